The highest BCUT2D eigenvalue weighted by Gasteiger charge is 2.40. The van der Waals surface area contributed by atoms with E-state index in [-0.39, 0.29) is 5.91 Å². The van der Waals surface area contributed by atoms with Gasteiger partial charge in [0.15, 0.2) is 0 Å². The van der Waals surface area contributed by atoms with Crippen LogP contribution < -0.4 is 11.1 Å². The molecule has 1 fully saturated rings. The normalized spacial score (nSPS) is 15.2. The van der Waals surface area contributed by atoms with Crippen LogP contribution in [0.3, 0.4) is 0 Å². The van der Waals surface area contributed by atoms with Gasteiger partial charge in [0.05, 0.1) is 6.54 Å². The summed E-state index contributed by atoms with van der Waals surface area (Å²) in [5, 5.41) is 3.04. The van der Waals surface area contributed by atoms with Crippen molar-refractivity contribution in [2.45, 2.75) is 33.1 Å². The molecular weight excluding hydrogens is 248 g/mol. The Morgan fingerprint density at radius 2 is 2.20 bits per heavy atom. The zero-order valence-corrected chi connectivity index (χ0v) is 12.3. The van der Waals surface area contributed by atoms with E-state index in [9.17, 15) is 4.79 Å². The molecule has 0 atom stereocenters. The van der Waals surface area contributed by atoms with E-state index in [1.807, 2.05) is 25.1 Å². The van der Waals surface area contributed by atoms with Crippen molar-refractivity contribution in [3.05, 3.63) is 34.9 Å². The van der Waals surface area contributed by atoms with Gasteiger partial charge in [0.1, 0.15) is 0 Å². The minimum atomic E-state index is -0.0134. The van der Waals surface area contributed by atoms with E-state index in [1.54, 1.807) is 0 Å². The molecule has 0 aliphatic heterocycles. The van der Waals surface area contributed by atoms with E-state index < -0.39 is 0 Å². The predicted octanol–water partition coefficient (Wildman–Crippen LogP) is 2.23. The Bertz CT molecular complexity index is 562. The Balaban J connectivity index is 2.06. The number of carbonyl (C=O) groups excluding carboxylic acids is 1. The summed E-state index contributed by atoms with van der Waals surface area (Å²) in [6.07, 6.45) is 3.59. The molecule has 0 radical (unpaired) electrons. The van der Waals surface area contributed by atoms with Gasteiger partial charge in [-0.15, -0.1) is 0 Å². The fourth-order valence-corrected chi connectivity index (χ4v) is 2.25. The number of aryl methyl sites for hydroxylation is 1. The minimum Gasteiger partial charge on any atom is -0.351 e. The monoisotopic (exact) mass is 270 g/mol. The van der Waals surface area contributed by atoms with Crippen LogP contribution in [0.5, 0.6) is 0 Å². The second-order valence-corrected chi connectivity index (χ2v) is 5.57. The van der Waals surface area contributed by atoms with E-state index in [0.29, 0.717) is 17.5 Å². The van der Waals surface area contributed by atoms with Crippen LogP contribution in [-0.2, 0) is 0 Å². The zero-order valence-electron chi connectivity index (χ0n) is 12.3. The maximum absolute atomic E-state index is 12.2. The van der Waals surface area contributed by atoms with Crippen molar-refractivity contribution < 1.29 is 4.79 Å². The average molecular weight is 270 g/mol. The van der Waals surface area contributed by atoms with Crippen molar-refractivity contribution in [2.75, 3.05) is 13.1 Å². The van der Waals surface area contributed by atoms with Crippen molar-refractivity contribution in [3.8, 4) is 11.8 Å². The number of benzene rings is 1. The lowest BCUT2D eigenvalue weighted by atomic mass is 10.0. The number of nitrogens with two attached hydrogens (primary N) is 1. The third-order valence-corrected chi connectivity index (χ3v) is 4.16. The Kier molecular flexibility index (Phi) is 4.46. The number of nitrogens with one attached hydrogen (secondary N) is 1. The first-order chi connectivity index (χ1) is 9.60. The number of carbonyl (C=O) groups is 1. The maximum Gasteiger partial charge on any atom is 0.251 e. The summed E-state index contributed by atoms with van der Waals surface area (Å²) in [5.74, 6) is 5.83. The molecule has 1 aliphatic rings. The molecule has 1 aromatic carbocycles. The van der Waals surface area contributed by atoms with Crippen molar-refractivity contribution in [1.29, 1.82) is 0 Å². The highest BCUT2D eigenvalue weighted by Crippen LogP contribution is 2.47. The SMILES string of the molecule is CCC1(CNC(=O)c2ccc(C)c(C#CCN)c2)CC1. The molecule has 3 nitrogen and oxygen atoms in total. The standard InChI is InChI=1S/C17H22N2O/c1-3-17(8-9-17)12-19-16(20)15-7-6-13(2)14(11-15)5-4-10-18/h6-7,11H,3,8-10,12,18H2,1-2H3,(H,19,20). The number of amides is 1. The van der Waals surface area contributed by atoms with Crippen LogP contribution in [0.2, 0.25) is 0 Å². The van der Waals surface area contributed by atoms with E-state index in [1.165, 1.54) is 12.8 Å². The lowest BCUT2D eigenvalue weighted by Crippen LogP contribution is -2.30. The number of rotatable bonds is 4. The number of hydrogen-bond donors (Lipinski definition) is 2. The van der Waals surface area contributed by atoms with Crippen LogP contribution >= 0.6 is 0 Å². The van der Waals surface area contributed by atoms with Gasteiger partial charge < -0.3 is 11.1 Å². The topological polar surface area (TPSA) is 55.1 Å². The molecule has 106 valence electrons. The van der Waals surface area contributed by atoms with Crippen molar-refractivity contribution in [1.82, 2.24) is 5.32 Å². The molecule has 3 heteroatoms. The fourth-order valence-electron chi connectivity index (χ4n) is 2.25. The van der Waals surface area contributed by atoms with Crippen LogP contribution in [-0.4, -0.2) is 19.0 Å². The zero-order chi connectivity index (χ0) is 14.6. The third-order valence-electron chi connectivity index (χ3n) is 4.16. The molecule has 0 saturated heterocycles. The fraction of sp³-hybridized carbons (Fsp3) is 0.471. The molecule has 1 aliphatic carbocycles. The Morgan fingerprint density at radius 1 is 1.45 bits per heavy atom. The second-order valence-electron chi connectivity index (χ2n) is 5.57. The van der Waals surface area contributed by atoms with Crippen molar-refractivity contribution >= 4 is 5.91 Å². The first-order valence-electron chi connectivity index (χ1n) is 7.18. The van der Waals surface area contributed by atoms with Crippen LogP contribution in [0.1, 0.15) is 47.7 Å². The molecule has 1 amide bonds. The van der Waals surface area contributed by atoms with Gasteiger partial charge in [-0.05, 0) is 49.3 Å². The molecule has 0 aromatic heterocycles. The third kappa shape index (κ3) is 3.40. The molecule has 0 spiro atoms. The summed E-state index contributed by atoms with van der Waals surface area (Å²) in [6, 6.07) is 5.63. The minimum absolute atomic E-state index is 0.0134. The van der Waals surface area contributed by atoms with Crippen LogP contribution in [0.4, 0.5) is 0 Å². The van der Waals surface area contributed by atoms with Gasteiger partial charge in [0.25, 0.3) is 5.91 Å². The van der Waals surface area contributed by atoms with Gasteiger partial charge >= 0.3 is 0 Å². The summed E-state index contributed by atoms with van der Waals surface area (Å²) < 4.78 is 0. The summed E-state index contributed by atoms with van der Waals surface area (Å²) >= 11 is 0. The van der Waals surface area contributed by atoms with Gasteiger partial charge in [-0.3, -0.25) is 4.79 Å². The molecule has 2 rings (SSSR count). The van der Waals surface area contributed by atoms with E-state index in [0.717, 1.165) is 24.1 Å². The van der Waals surface area contributed by atoms with Crippen molar-refractivity contribution in [2.24, 2.45) is 11.1 Å². The van der Waals surface area contributed by atoms with Crippen LogP contribution in [0, 0.1) is 24.2 Å². The highest BCUT2D eigenvalue weighted by molar-refractivity contribution is 5.94. The predicted molar refractivity (Wildman–Crippen MR) is 81.4 cm³/mol. The van der Waals surface area contributed by atoms with Gasteiger partial charge in [-0.25, -0.2) is 0 Å². The highest BCUT2D eigenvalue weighted by atomic mass is 16.1. The molecule has 1 saturated carbocycles. The first kappa shape index (κ1) is 14.6. The lowest BCUT2D eigenvalue weighted by molar-refractivity contribution is 0.0944. The summed E-state index contributed by atoms with van der Waals surface area (Å²) in [5.41, 5.74) is 8.36. The summed E-state index contributed by atoms with van der Waals surface area (Å²) in [7, 11) is 0. The second kappa shape index (κ2) is 6.11. The van der Waals surface area contributed by atoms with E-state index >= 15 is 0 Å². The van der Waals surface area contributed by atoms with E-state index in [2.05, 4.69) is 24.1 Å². The quantitative estimate of drug-likeness (QED) is 0.824. The molecule has 0 unspecified atom stereocenters. The van der Waals surface area contributed by atoms with Gasteiger partial charge in [0, 0.05) is 17.7 Å². The van der Waals surface area contributed by atoms with E-state index in [4.69, 9.17) is 5.73 Å². The van der Waals surface area contributed by atoms with Gasteiger partial charge in [-0.2, -0.15) is 0 Å². The van der Waals surface area contributed by atoms with Crippen LogP contribution in [0.15, 0.2) is 18.2 Å². The average Bonchev–Trinajstić information content (AvgIpc) is 3.24. The molecule has 1 aromatic rings. The van der Waals surface area contributed by atoms with Crippen molar-refractivity contribution in [3.63, 3.8) is 0 Å². The number of hydrogen-bond acceptors (Lipinski definition) is 2. The molecule has 20 heavy (non-hydrogen) atoms. The Hall–Kier alpha value is -1.79. The van der Waals surface area contributed by atoms with Crippen LogP contribution in [0.25, 0.3) is 0 Å². The Labute approximate surface area is 120 Å². The maximum atomic E-state index is 12.2. The molecule has 3 N–H and O–H groups in total. The smallest absolute Gasteiger partial charge is 0.251 e. The molecular formula is C17H22N2O. The molecule has 0 bridgehead atoms. The van der Waals surface area contributed by atoms with Gasteiger partial charge in [0.2, 0.25) is 0 Å². The summed E-state index contributed by atoms with van der Waals surface area (Å²) in [4.78, 5) is 12.2. The van der Waals surface area contributed by atoms with Gasteiger partial charge in [-0.1, -0.05) is 24.8 Å². The largest absolute Gasteiger partial charge is 0.351 e. The summed E-state index contributed by atoms with van der Waals surface area (Å²) in [6.45, 7) is 5.28. The lowest BCUT2D eigenvalue weighted by Gasteiger charge is -2.13. The first-order valence-corrected chi connectivity index (χ1v) is 7.18. The molecule has 0 heterocycles. The Morgan fingerprint density at radius 3 is 2.80 bits per heavy atom.